The van der Waals surface area contributed by atoms with E-state index in [0.29, 0.717) is 17.9 Å². The molecule has 0 aliphatic carbocycles. The highest BCUT2D eigenvalue weighted by Crippen LogP contribution is 2.22. The fourth-order valence-corrected chi connectivity index (χ4v) is 3.61. The summed E-state index contributed by atoms with van der Waals surface area (Å²) in [6, 6.07) is 17.5. The highest BCUT2D eigenvalue weighted by atomic mass is 16.2. The maximum atomic E-state index is 12.7. The van der Waals surface area contributed by atoms with Crippen molar-refractivity contribution in [2.24, 2.45) is 0 Å². The summed E-state index contributed by atoms with van der Waals surface area (Å²) in [6.07, 6.45) is 5.21. The zero-order valence-corrected chi connectivity index (χ0v) is 15.7. The molecule has 2 N–H and O–H groups in total. The van der Waals surface area contributed by atoms with Crippen LogP contribution in [0.1, 0.15) is 35.3 Å². The zero-order chi connectivity index (χ0) is 19.3. The minimum atomic E-state index is -0.306. The minimum Gasteiger partial charge on any atom is -0.372 e. The summed E-state index contributed by atoms with van der Waals surface area (Å²) < 4.78 is 1.45. The molecule has 0 saturated carbocycles. The van der Waals surface area contributed by atoms with Crippen LogP contribution in [0.15, 0.2) is 65.6 Å². The van der Waals surface area contributed by atoms with Crippen LogP contribution in [0.2, 0.25) is 0 Å². The molecule has 0 spiro atoms. The second kappa shape index (κ2) is 8.17. The molecule has 4 rings (SSSR count). The Morgan fingerprint density at radius 3 is 2.39 bits per heavy atom. The van der Waals surface area contributed by atoms with Gasteiger partial charge in [0.1, 0.15) is 5.69 Å². The molecule has 2 aromatic carbocycles. The Morgan fingerprint density at radius 2 is 1.68 bits per heavy atom. The number of imidazole rings is 1. The van der Waals surface area contributed by atoms with Gasteiger partial charge in [0.05, 0.1) is 6.54 Å². The molecule has 1 saturated heterocycles. The average Bonchev–Trinajstić information content (AvgIpc) is 3.10. The SMILES string of the molecule is O=C(Nc1ccc(N2CCCCC2)cc1)c1c[nH]c(=O)n1Cc1ccccc1. The molecule has 1 fully saturated rings. The molecule has 1 aliphatic heterocycles. The van der Waals surface area contributed by atoms with Crippen molar-refractivity contribution in [3.8, 4) is 0 Å². The number of H-pyrrole nitrogens is 1. The van der Waals surface area contributed by atoms with Gasteiger partial charge in [-0.05, 0) is 49.1 Å². The lowest BCUT2D eigenvalue weighted by molar-refractivity contribution is 0.101. The quantitative estimate of drug-likeness (QED) is 0.716. The van der Waals surface area contributed by atoms with Crippen molar-refractivity contribution < 1.29 is 4.79 Å². The van der Waals surface area contributed by atoms with E-state index in [1.165, 1.54) is 35.7 Å². The molecule has 0 bridgehead atoms. The van der Waals surface area contributed by atoms with Crippen LogP contribution in [0.5, 0.6) is 0 Å². The van der Waals surface area contributed by atoms with Crippen LogP contribution in [0.25, 0.3) is 0 Å². The van der Waals surface area contributed by atoms with Crippen molar-refractivity contribution in [3.63, 3.8) is 0 Å². The van der Waals surface area contributed by atoms with E-state index in [1.807, 2.05) is 54.6 Å². The van der Waals surface area contributed by atoms with Crippen LogP contribution < -0.4 is 15.9 Å². The lowest BCUT2D eigenvalue weighted by Crippen LogP contribution is -2.29. The number of aromatic amines is 1. The summed E-state index contributed by atoms with van der Waals surface area (Å²) in [6.45, 7) is 2.52. The maximum Gasteiger partial charge on any atom is 0.326 e. The smallest absolute Gasteiger partial charge is 0.326 e. The lowest BCUT2D eigenvalue weighted by Gasteiger charge is -2.28. The first-order valence-electron chi connectivity index (χ1n) is 9.69. The van der Waals surface area contributed by atoms with Crippen LogP contribution in [0, 0.1) is 0 Å². The van der Waals surface area contributed by atoms with E-state index in [0.717, 1.165) is 18.7 Å². The number of rotatable bonds is 5. The predicted molar refractivity (Wildman–Crippen MR) is 111 cm³/mol. The molecule has 6 nitrogen and oxygen atoms in total. The first-order chi connectivity index (χ1) is 13.7. The Bertz CT molecular complexity index is 983. The molecule has 28 heavy (non-hydrogen) atoms. The first kappa shape index (κ1) is 18.1. The predicted octanol–water partition coefficient (Wildman–Crippen LogP) is 3.47. The number of aromatic nitrogens is 2. The molecule has 1 aliphatic rings. The molecule has 144 valence electrons. The third-order valence-corrected chi connectivity index (χ3v) is 5.13. The number of anilines is 2. The van der Waals surface area contributed by atoms with Crippen molar-refractivity contribution in [1.29, 1.82) is 0 Å². The number of hydrogen-bond acceptors (Lipinski definition) is 3. The number of hydrogen-bond donors (Lipinski definition) is 2. The molecule has 1 amide bonds. The van der Waals surface area contributed by atoms with Crippen LogP contribution in [0.3, 0.4) is 0 Å². The van der Waals surface area contributed by atoms with Gasteiger partial charge in [0, 0.05) is 30.7 Å². The van der Waals surface area contributed by atoms with E-state index >= 15 is 0 Å². The summed E-state index contributed by atoms with van der Waals surface area (Å²) in [4.78, 5) is 29.9. The first-order valence-corrected chi connectivity index (χ1v) is 9.69. The molecular formula is C22H24N4O2. The van der Waals surface area contributed by atoms with Gasteiger partial charge in [-0.1, -0.05) is 30.3 Å². The minimum absolute atomic E-state index is 0.297. The zero-order valence-electron chi connectivity index (χ0n) is 15.7. The van der Waals surface area contributed by atoms with E-state index in [2.05, 4.69) is 15.2 Å². The van der Waals surface area contributed by atoms with Crippen molar-refractivity contribution in [2.45, 2.75) is 25.8 Å². The molecular weight excluding hydrogens is 352 g/mol. The van der Waals surface area contributed by atoms with Crippen LogP contribution in [-0.4, -0.2) is 28.5 Å². The molecule has 0 radical (unpaired) electrons. The van der Waals surface area contributed by atoms with Crippen LogP contribution >= 0.6 is 0 Å². The van der Waals surface area contributed by atoms with Gasteiger partial charge in [-0.3, -0.25) is 9.36 Å². The van der Waals surface area contributed by atoms with Gasteiger partial charge in [0.2, 0.25) is 0 Å². The van der Waals surface area contributed by atoms with Crippen molar-refractivity contribution in [1.82, 2.24) is 9.55 Å². The summed E-state index contributed by atoms with van der Waals surface area (Å²) >= 11 is 0. The van der Waals surface area contributed by atoms with E-state index in [-0.39, 0.29) is 11.6 Å². The van der Waals surface area contributed by atoms with E-state index in [4.69, 9.17) is 0 Å². The van der Waals surface area contributed by atoms with Gasteiger partial charge in [0.15, 0.2) is 0 Å². The number of nitrogens with zero attached hydrogens (tertiary/aromatic N) is 2. The normalized spacial score (nSPS) is 14.1. The van der Waals surface area contributed by atoms with Crippen LogP contribution in [0.4, 0.5) is 11.4 Å². The number of amides is 1. The Hall–Kier alpha value is -3.28. The van der Waals surface area contributed by atoms with Gasteiger partial charge in [-0.2, -0.15) is 0 Å². The third-order valence-electron chi connectivity index (χ3n) is 5.13. The third kappa shape index (κ3) is 4.01. The summed E-state index contributed by atoms with van der Waals surface area (Å²) in [5.74, 6) is -0.306. The highest BCUT2D eigenvalue weighted by Gasteiger charge is 2.16. The largest absolute Gasteiger partial charge is 0.372 e. The van der Waals surface area contributed by atoms with Crippen molar-refractivity contribution in [2.75, 3.05) is 23.3 Å². The van der Waals surface area contributed by atoms with Gasteiger partial charge in [-0.25, -0.2) is 4.79 Å². The number of carbonyl (C=O) groups is 1. The summed E-state index contributed by atoms with van der Waals surface area (Å²) in [5, 5.41) is 2.89. The Kier molecular flexibility index (Phi) is 5.28. The van der Waals surface area contributed by atoms with Gasteiger partial charge in [-0.15, -0.1) is 0 Å². The number of piperidine rings is 1. The summed E-state index contributed by atoms with van der Waals surface area (Å²) in [7, 11) is 0. The molecule has 0 unspecified atom stereocenters. The van der Waals surface area contributed by atoms with Gasteiger partial charge >= 0.3 is 5.69 Å². The number of benzene rings is 2. The van der Waals surface area contributed by atoms with Crippen LogP contribution in [-0.2, 0) is 6.54 Å². The Labute approximate surface area is 163 Å². The molecule has 1 aromatic heterocycles. The molecule has 2 heterocycles. The molecule has 0 atom stereocenters. The standard InChI is InChI=1S/C22H24N4O2/c27-21(20-15-23-22(28)26(20)16-17-7-3-1-4-8-17)24-18-9-11-19(12-10-18)25-13-5-2-6-14-25/h1,3-4,7-12,15H,2,5-6,13-14,16H2,(H,23,28)(H,24,27). The van der Waals surface area contributed by atoms with Crippen molar-refractivity contribution >= 4 is 17.3 Å². The maximum absolute atomic E-state index is 12.7. The van der Waals surface area contributed by atoms with E-state index in [9.17, 15) is 9.59 Å². The Morgan fingerprint density at radius 1 is 0.964 bits per heavy atom. The van der Waals surface area contributed by atoms with Crippen molar-refractivity contribution in [3.05, 3.63) is 82.5 Å². The van der Waals surface area contributed by atoms with Gasteiger partial charge in [0.25, 0.3) is 5.91 Å². The number of carbonyl (C=O) groups excluding carboxylic acids is 1. The molecule has 6 heteroatoms. The molecule has 3 aromatic rings. The monoisotopic (exact) mass is 376 g/mol. The van der Waals surface area contributed by atoms with Gasteiger partial charge < -0.3 is 15.2 Å². The highest BCUT2D eigenvalue weighted by molar-refractivity contribution is 6.03. The summed E-state index contributed by atoms with van der Waals surface area (Å²) in [5.41, 5.74) is 2.87. The second-order valence-electron chi connectivity index (χ2n) is 7.10. The fourth-order valence-electron chi connectivity index (χ4n) is 3.61. The number of nitrogens with one attached hydrogen (secondary N) is 2. The topological polar surface area (TPSA) is 70.1 Å². The lowest BCUT2D eigenvalue weighted by atomic mass is 10.1. The second-order valence-corrected chi connectivity index (χ2v) is 7.10. The van der Waals surface area contributed by atoms with E-state index in [1.54, 1.807) is 0 Å². The Balaban J connectivity index is 1.47. The fraction of sp³-hybridized carbons (Fsp3) is 0.273. The average molecular weight is 376 g/mol. The van der Waals surface area contributed by atoms with E-state index < -0.39 is 0 Å².